The molecule has 0 aromatic heterocycles. The molecule has 1 unspecified atom stereocenters. The first-order chi connectivity index (χ1) is 11.3. The summed E-state index contributed by atoms with van der Waals surface area (Å²) in [7, 11) is 0. The maximum Gasteiger partial charge on any atom is 0.145 e. The molecule has 1 heterocycles. The van der Waals surface area contributed by atoms with E-state index in [0.29, 0.717) is 11.8 Å². The Labute approximate surface area is 138 Å². The molecule has 0 saturated heterocycles. The highest BCUT2D eigenvalue weighted by molar-refractivity contribution is 5.93. The van der Waals surface area contributed by atoms with Crippen molar-refractivity contribution in [2.24, 2.45) is 5.92 Å². The number of anilines is 1. The van der Waals surface area contributed by atoms with E-state index >= 15 is 0 Å². The second-order valence-electron chi connectivity index (χ2n) is 6.80. The van der Waals surface area contributed by atoms with Gasteiger partial charge in [0.15, 0.2) is 0 Å². The van der Waals surface area contributed by atoms with Crippen molar-refractivity contribution in [3.8, 4) is 0 Å². The van der Waals surface area contributed by atoms with Crippen LogP contribution in [0.1, 0.15) is 43.2 Å². The number of rotatable bonds is 3. The fourth-order valence-corrected chi connectivity index (χ4v) is 4.40. The first-order valence-corrected chi connectivity index (χ1v) is 8.72. The Morgan fingerprint density at radius 2 is 1.74 bits per heavy atom. The number of Topliss-reactive ketones (excluding diaryl/α,β-unsaturated/α-hetero) is 1. The van der Waals surface area contributed by atoms with Gasteiger partial charge in [-0.05, 0) is 36.5 Å². The van der Waals surface area contributed by atoms with Crippen LogP contribution in [0.4, 0.5) is 5.69 Å². The zero-order valence-corrected chi connectivity index (χ0v) is 13.6. The van der Waals surface area contributed by atoms with Crippen LogP contribution in [-0.4, -0.2) is 11.8 Å². The van der Waals surface area contributed by atoms with Gasteiger partial charge in [0.2, 0.25) is 0 Å². The lowest BCUT2D eigenvalue weighted by Gasteiger charge is -2.36. The summed E-state index contributed by atoms with van der Waals surface area (Å²) in [4.78, 5) is 15.4. The molecule has 1 fully saturated rings. The Bertz CT molecular complexity index is 709. The molecule has 2 aromatic carbocycles. The quantitative estimate of drug-likeness (QED) is 0.829. The highest BCUT2D eigenvalue weighted by atomic mass is 16.1. The smallest absolute Gasteiger partial charge is 0.145 e. The minimum Gasteiger partial charge on any atom is -0.363 e. The molecule has 0 radical (unpaired) electrons. The Hall–Kier alpha value is -2.09. The van der Waals surface area contributed by atoms with Crippen molar-refractivity contribution >= 4 is 11.5 Å². The van der Waals surface area contributed by atoms with E-state index in [1.165, 1.54) is 16.8 Å². The number of para-hydroxylation sites is 1. The van der Waals surface area contributed by atoms with Gasteiger partial charge in [-0.2, -0.15) is 0 Å². The predicted octanol–water partition coefficient (Wildman–Crippen LogP) is 4.55. The van der Waals surface area contributed by atoms with Gasteiger partial charge >= 0.3 is 0 Å². The molecule has 2 aliphatic rings. The second-order valence-corrected chi connectivity index (χ2v) is 6.80. The Morgan fingerprint density at radius 3 is 2.52 bits per heavy atom. The lowest BCUT2D eigenvalue weighted by atomic mass is 9.74. The van der Waals surface area contributed by atoms with Crippen LogP contribution in [0, 0.1) is 5.92 Å². The van der Waals surface area contributed by atoms with Crippen molar-refractivity contribution < 1.29 is 4.79 Å². The van der Waals surface area contributed by atoms with Crippen LogP contribution in [0.15, 0.2) is 54.6 Å². The summed E-state index contributed by atoms with van der Waals surface area (Å²) >= 11 is 0. The fourth-order valence-electron chi connectivity index (χ4n) is 4.40. The summed E-state index contributed by atoms with van der Waals surface area (Å²) in [6, 6.07) is 19.4. The van der Waals surface area contributed by atoms with E-state index in [1.807, 2.05) is 0 Å². The number of fused-ring (bicyclic) bond motifs is 3. The molecule has 23 heavy (non-hydrogen) atoms. The Kier molecular flexibility index (Phi) is 3.68. The van der Waals surface area contributed by atoms with Crippen LogP contribution in [0.3, 0.4) is 0 Å². The molecule has 1 aliphatic carbocycles. The van der Waals surface area contributed by atoms with Crippen LogP contribution >= 0.6 is 0 Å². The SMILES string of the molecule is CCC1CC[C@@H]2[C@@H](C1=O)c1ccccc1N2Cc1ccccc1. The zero-order valence-electron chi connectivity index (χ0n) is 13.6. The van der Waals surface area contributed by atoms with Crippen LogP contribution in [0.25, 0.3) is 0 Å². The number of benzene rings is 2. The van der Waals surface area contributed by atoms with E-state index in [2.05, 4.69) is 66.4 Å². The standard InChI is InChI=1S/C21H23NO/c1-2-16-12-13-19-20(21(16)23)17-10-6-7-11-18(17)22(19)14-15-8-4-3-5-9-15/h3-11,16,19-20H,2,12-14H2,1H3/t16?,19-,20+/m1/s1. The Morgan fingerprint density at radius 1 is 1.00 bits per heavy atom. The number of ketones is 1. The fraction of sp³-hybridized carbons (Fsp3) is 0.381. The molecular weight excluding hydrogens is 282 g/mol. The van der Waals surface area contributed by atoms with E-state index in [0.717, 1.165) is 25.8 Å². The third-order valence-electron chi connectivity index (χ3n) is 5.57. The number of hydrogen-bond donors (Lipinski definition) is 0. The van der Waals surface area contributed by atoms with E-state index in [9.17, 15) is 4.79 Å². The molecule has 2 heteroatoms. The summed E-state index contributed by atoms with van der Waals surface area (Å²) in [5.41, 5.74) is 3.82. The maximum absolute atomic E-state index is 13.0. The van der Waals surface area contributed by atoms with Crippen LogP contribution in [0.5, 0.6) is 0 Å². The second kappa shape index (κ2) is 5.84. The van der Waals surface area contributed by atoms with Crippen molar-refractivity contribution in [3.05, 3.63) is 65.7 Å². The van der Waals surface area contributed by atoms with Gasteiger partial charge in [0.25, 0.3) is 0 Å². The summed E-state index contributed by atoms with van der Waals surface area (Å²) < 4.78 is 0. The Balaban J connectivity index is 1.72. The molecule has 1 aliphatic heterocycles. The summed E-state index contributed by atoms with van der Waals surface area (Å²) in [5, 5.41) is 0. The van der Waals surface area contributed by atoms with Gasteiger partial charge in [-0.1, -0.05) is 55.5 Å². The van der Waals surface area contributed by atoms with Gasteiger partial charge in [0, 0.05) is 24.2 Å². The van der Waals surface area contributed by atoms with Crippen molar-refractivity contribution in [1.82, 2.24) is 0 Å². The molecule has 1 saturated carbocycles. The molecule has 2 aromatic rings. The molecular formula is C21H23NO. The van der Waals surface area contributed by atoms with Crippen LogP contribution in [-0.2, 0) is 11.3 Å². The molecule has 0 amide bonds. The molecule has 4 rings (SSSR count). The van der Waals surface area contributed by atoms with Gasteiger partial charge in [-0.25, -0.2) is 0 Å². The topological polar surface area (TPSA) is 20.3 Å². The molecule has 118 valence electrons. The first kappa shape index (κ1) is 14.5. The molecule has 0 N–H and O–H groups in total. The minimum atomic E-state index is 0.0774. The van der Waals surface area contributed by atoms with E-state index < -0.39 is 0 Å². The predicted molar refractivity (Wildman–Crippen MR) is 93.6 cm³/mol. The van der Waals surface area contributed by atoms with Gasteiger partial charge in [0.1, 0.15) is 5.78 Å². The summed E-state index contributed by atoms with van der Waals surface area (Å²) in [6.45, 7) is 3.04. The van der Waals surface area contributed by atoms with Crippen molar-refractivity contribution in [2.45, 2.75) is 44.7 Å². The summed E-state index contributed by atoms with van der Waals surface area (Å²) in [5.74, 6) is 0.793. The van der Waals surface area contributed by atoms with Crippen molar-refractivity contribution in [3.63, 3.8) is 0 Å². The van der Waals surface area contributed by atoms with Gasteiger partial charge in [0.05, 0.1) is 5.92 Å². The molecule has 3 atom stereocenters. The van der Waals surface area contributed by atoms with Gasteiger partial charge in [-0.3, -0.25) is 4.79 Å². The average Bonchev–Trinajstić information content (AvgIpc) is 2.91. The van der Waals surface area contributed by atoms with Crippen LogP contribution < -0.4 is 4.90 Å². The van der Waals surface area contributed by atoms with E-state index in [1.54, 1.807) is 0 Å². The third-order valence-corrected chi connectivity index (χ3v) is 5.57. The number of carbonyl (C=O) groups is 1. The van der Waals surface area contributed by atoms with E-state index in [-0.39, 0.29) is 11.8 Å². The van der Waals surface area contributed by atoms with Crippen molar-refractivity contribution in [1.29, 1.82) is 0 Å². The normalized spacial score (nSPS) is 26.0. The maximum atomic E-state index is 13.0. The largest absolute Gasteiger partial charge is 0.363 e. The van der Waals surface area contributed by atoms with Crippen molar-refractivity contribution in [2.75, 3.05) is 4.90 Å². The number of carbonyl (C=O) groups excluding carboxylic acids is 1. The summed E-state index contributed by atoms with van der Waals surface area (Å²) in [6.07, 6.45) is 3.13. The average molecular weight is 305 g/mol. The molecule has 2 nitrogen and oxygen atoms in total. The lowest BCUT2D eigenvalue weighted by molar-refractivity contribution is -0.126. The third kappa shape index (κ3) is 2.37. The highest BCUT2D eigenvalue weighted by Crippen LogP contribution is 2.48. The minimum absolute atomic E-state index is 0.0774. The molecule has 0 bridgehead atoms. The lowest BCUT2D eigenvalue weighted by Crippen LogP contribution is -2.42. The highest BCUT2D eigenvalue weighted by Gasteiger charge is 2.46. The first-order valence-electron chi connectivity index (χ1n) is 8.72. The number of hydrogen-bond acceptors (Lipinski definition) is 2. The van der Waals surface area contributed by atoms with Crippen LogP contribution in [0.2, 0.25) is 0 Å². The monoisotopic (exact) mass is 305 g/mol. The zero-order chi connectivity index (χ0) is 15.8. The molecule has 0 spiro atoms. The van der Waals surface area contributed by atoms with Gasteiger partial charge < -0.3 is 4.90 Å². The van der Waals surface area contributed by atoms with Gasteiger partial charge in [-0.15, -0.1) is 0 Å². The van der Waals surface area contributed by atoms with E-state index in [4.69, 9.17) is 0 Å². The number of nitrogens with zero attached hydrogens (tertiary/aromatic N) is 1.